The minimum atomic E-state index is -0.323. The zero-order chi connectivity index (χ0) is 25.8. The second-order valence-corrected chi connectivity index (χ2v) is 11.5. The van der Waals surface area contributed by atoms with Gasteiger partial charge in [-0.25, -0.2) is 0 Å². The van der Waals surface area contributed by atoms with E-state index in [-0.39, 0.29) is 28.9 Å². The molecule has 0 aliphatic carbocycles. The molecule has 186 valence electrons. The van der Waals surface area contributed by atoms with Gasteiger partial charge in [0.05, 0.1) is 22.7 Å². The molecular formula is C27H39BrN4O2. The number of benzene rings is 1. The van der Waals surface area contributed by atoms with Crippen molar-refractivity contribution in [2.75, 3.05) is 0 Å². The fourth-order valence-electron chi connectivity index (χ4n) is 4.25. The number of halogens is 1. The van der Waals surface area contributed by atoms with Gasteiger partial charge >= 0.3 is 0 Å². The van der Waals surface area contributed by atoms with Crippen LogP contribution in [0.3, 0.4) is 0 Å². The van der Waals surface area contributed by atoms with Crippen LogP contribution in [-0.2, 0) is 23.9 Å². The van der Waals surface area contributed by atoms with Crippen LogP contribution in [0.1, 0.15) is 102 Å². The maximum Gasteiger partial charge on any atom is 0.218 e. The maximum atomic E-state index is 13.5. The summed E-state index contributed by atoms with van der Waals surface area (Å²) in [6, 6.07) is 5.84. The molecular weight excluding hydrogens is 492 g/mol. The largest absolute Gasteiger partial charge is 0.507 e. The molecule has 2 aromatic rings. The summed E-state index contributed by atoms with van der Waals surface area (Å²) in [7, 11) is 0. The van der Waals surface area contributed by atoms with E-state index in [9.17, 15) is 15.2 Å². The smallest absolute Gasteiger partial charge is 0.218 e. The first kappa shape index (κ1) is 27.9. The highest BCUT2D eigenvalue weighted by molar-refractivity contribution is 9.08. The van der Waals surface area contributed by atoms with Crippen LogP contribution in [0, 0.1) is 17.2 Å². The highest BCUT2D eigenvalue weighted by Crippen LogP contribution is 2.39. The lowest BCUT2D eigenvalue weighted by Gasteiger charge is -2.28. The van der Waals surface area contributed by atoms with Gasteiger partial charge < -0.3 is 14.2 Å². The Hall–Kier alpha value is -2.33. The second kappa shape index (κ2) is 10.9. The van der Waals surface area contributed by atoms with Crippen molar-refractivity contribution >= 4 is 21.9 Å². The summed E-state index contributed by atoms with van der Waals surface area (Å²) in [5.74, 6) is 0.732. The third-order valence-electron chi connectivity index (χ3n) is 6.53. The van der Waals surface area contributed by atoms with Gasteiger partial charge in [0, 0.05) is 29.4 Å². The predicted molar refractivity (Wildman–Crippen MR) is 140 cm³/mol. The third-order valence-corrected chi connectivity index (χ3v) is 6.85. The number of hydrogen-bond donors (Lipinski definition) is 1. The molecule has 0 radical (unpaired) electrons. The Morgan fingerprint density at radius 1 is 1.12 bits per heavy atom. The van der Waals surface area contributed by atoms with Crippen molar-refractivity contribution in [2.24, 2.45) is 9.94 Å². The zero-order valence-electron chi connectivity index (χ0n) is 21.9. The molecule has 34 heavy (non-hydrogen) atoms. The molecule has 0 bridgehead atoms. The molecule has 1 aromatic heterocycles. The van der Waals surface area contributed by atoms with E-state index in [4.69, 9.17) is 0 Å². The van der Waals surface area contributed by atoms with Gasteiger partial charge in [-0.1, -0.05) is 68.2 Å². The van der Waals surface area contributed by atoms with E-state index in [1.807, 2.05) is 46.1 Å². The van der Waals surface area contributed by atoms with E-state index in [0.29, 0.717) is 29.3 Å². The SMILES string of the molecule is CCC(CC)CCn1c(C#N)cn(CC(=O)c2cc(C(C)(C)C)c(O)c(C(C)(C)C)c2)/c1=N\Br. The lowest BCUT2D eigenvalue weighted by atomic mass is 9.78. The lowest BCUT2D eigenvalue weighted by Crippen LogP contribution is -2.29. The van der Waals surface area contributed by atoms with Crippen LogP contribution in [0.4, 0.5) is 0 Å². The number of nitrogens with zero attached hydrogens (tertiary/aromatic N) is 4. The van der Waals surface area contributed by atoms with Crippen molar-refractivity contribution in [1.82, 2.24) is 9.13 Å². The number of carbonyl (C=O) groups is 1. The van der Waals surface area contributed by atoms with Crippen LogP contribution in [0.15, 0.2) is 22.3 Å². The second-order valence-electron chi connectivity index (χ2n) is 11.1. The fraction of sp³-hybridized carbons (Fsp3) is 0.593. The average Bonchev–Trinajstić information content (AvgIpc) is 3.08. The molecule has 0 unspecified atom stereocenters. The number of Topliss-reactive ketones (excluding diaryl/α,β-unsaturated/α-hetero) is 1. The van der Waals surface area contributed by atoms with E-state index < -0.39 is 0 Å². The Kier molecular flexibility index (Phi) is 8.98. The number of imidazole rings is 1. The molecule has 0 spiro atoms. The van der Waals surface area contributed by atoms with Crippen molar-refractivity contribution in [2.45, 2.75) is 98.6 Å². The summed E-state index contributed by atoms with van der Waals surface area (Å²) in [5.41, 5.74) is 2.42. The molecule has 1 aromatic carbocycles. The average molecular weight is 532 g/mol. The summed E-state index contributed by atoms with van der Waals surface area (Å²) >= 11 is 3.20. The molecule has 0 aliphatic heterocycles. The van der Waals surface area contributed by atoms with Gasteiger partial charge in [-0.15, -0.1) is 0 Å². The number of phenolic OH excluding ortho intramolecular Hbond substituents is 1. The monoisotopic (exact) mass is 530 g/mol. The van der Waals surface area contributed by atoms with E-state index >= 15 is 0 Å². The lowest BCUT2D eigenvalue weighted by molar-refractivity contribution is 0.0970. The predicted octanol–water partition coefficient (Wildman–Crippen LogP) is 6.38. The van der Waals surface area contributed by atoms with Gasteiger partial charge in [-0.2, -0.15) is 9.28 Å². The number of aromatic nitrogens is 2. The van der Waals surface area contributed by atoms with Crippen molar-refractivity contribution in [1.29, 1.82) is 5.26 Å². The first-order valence-corrected chi connectivity index (χ1v) is 12.8. The first-order chi connectivity index (χ1) is 15.8. The number of rotatable bonds is 8. The summed E-state index contributed by atoms with van der Waals surface area (Å²) < 4.78 is 7.84. The normalized spacial score (nSPS) is 12.9. The highest BCUT2D eigenvalue weighted by atomic mass is 79.9. The number of carbonyl (C=O) groups excluding carboxylic acids is 1. The summed E-state index contributed by atoms with van der Waals surface area (Å²) in [5, 5.41) is 20.7. The molecule has 2 rings (SSSR count). The third kappa shape index (κ3) is 6.21. The number of nitriles is 1. The van der Waals surface area contributed by atoms with Gasteiger partial charge in [0.15, 0.2) is 5.78 Å². The quantitative estimate of drug-likeness (QED) is 0.401. The van der Waals surface area contributed by atoms with E-state index in [0.717, 1.165) is 30.4 Å². The molecule has 0 saturated carbocycles. The summed E-state index contributed by atoms with van der Waals surface area (Å²) in [4.78, 5) is 13.5. The van der Waals surface area contributed by atoms with Gasteiger partial charge in [0.1, 0.15) is 17.5 Å². The van der Waals surface area contributed by atoms with Crippen LogP contribution < -0.4 is 5.62 Å². The van der Waals surface area contributed by atoms with Crippen LogP contribution in [0.5, 0.6) is 5.75 Å². The minimum absolute atomic E-state index is 0.0506. The van der Waals surface area contributed by atoms with Crippen LogP contribution >= 0.6 is 16.1 Å². The maximum absolute atomic E-state index is 13.5. The van der Waals surface area contributed by atoms with Gasteiger partial charge in [0.25, 0.3) is 0 Å². The Morgan fingerprint density at radius 3 is 2.06 bits per heavy atom. The number of ketones is 1. The summed E-state index contributed by atoms with van der Waals surface area (Å²) in [6.07, 6.45) is 4.82. The van der Waals surface area contributed by atoms with Gasteiger partial charge in [0.2, 0.25) is 5.62 Å². The van der Waals surface area contributed by atoms with Gasteiger partial charge in [-0.05, 0) is 35.3 Å². The number of aromatic hydroxyl groups is 1. The number of hydrogen-bond acceptors (Lipinski definition) is 4. The van der Waals surface area contributed by atoms with E-state index in [1.54, 1.807) is 22.9 Å². The molecule has 0 atom stereocenters. The standard InChI is InChI=1S/C27H39BrN4O2/c1-9-18(10-2)11-12-32-20(15-29)16-31(25(32)30-28)17-23(33)19-13-21(26(3,4)5)24(34)22(14-19)27(6,7)8/h13-14,16,18,34H,9-12,17H2,1-8H3/b30-25+. The Morgan fingerprint density at radius 2 is 1.65 bits per heavy atom. The Bertz CT molecular complexity index is 1100. The molecule has 0 fully saturated rings. The first-order valence-electron chi connectivity index (χ1n) is 12.0. The topological polar surface area (TPSA) is 83.3 Å². The van der Waals surface area contributed by atoms with Crippen molar-refractivity contribution in [3.05, 3.63) is 46.3 Å². The van der Waals surface area contributed by atoms with Crippen LogP contribution in [0.2, 0.25) is 0 Å². The van der Waals surface area contributed by atoms with Crippen molar-refractivity contribution in [3.63, 3.8) is 0 Å². The molecule has 6 nitrogen and oxygen atoms in total. The van der Waals surface area contributed by atoms with Crippen LogP contribution in [-0.4, -0.2) is 20.0 Å². The van der Waals surface area contributed by atoms with Crippen molar-refractivity contribution < 1.29 is 9.90 Å². The summed E-state index contributed by atoms with van der Waals surface area (Å²) in [6.45, 7) is 17.2. The molecule has 7 heteroatoms. The number of phenols is 1. The Balaban J connectivity index is 2.51. The fourth-order valence-corrected chi connectivity index (χ4v) is 4.65. The molecule has 0 amide bonds. The molecule has 0 saturated heterocycles. The van der Waals surface area contributed by atoms with Crippen LogP contribution in [0.25, 0.3) is 0 Å². The highest BCUT2D eigenvalue weighted by Gasteiger charge is 2.28. The van der Waals surface area contributed by atoms with E-state index in [1.165, 1.54) is 0 Å². The van der Waals surface area contributed by atoms with Crippen molar-refractivity contribution in [3.8, 4) is 11.8 Å². The molecule has 0 aliphatic rings. The van der Waals surface area contributed by atoms with E-state index in [2.05, 4.69) is 40.1 Å². The Labute approximate surface area is 212 Å². The molecule has 1 heterocycles. The molecule has 1 N–H and O–H groups in total. The minimum Gasteiger partial charge on any atom is -0.507 e. The van der Waals surface area contributed by atoms with Gasteiger partial charge in [-0.3, -0.25) is 4.79 Å². The zero-order valence-corrected chi connectivity index (χ0v) is 23.5.